The van der Waals surface area contributed by atoms with E-state index >= 15 is 0 Å². The van der Waals surface area contributed by atoms with Crippen molar-refractivity contribution in [2.45, 2.75) is 62.7 Å². The predicted molar refractivity (Wildman–Crippen MR) is 81.1 cm³/mol. The van der Waals surface area contributed by atoms with E-state index in [0.717, 1.165) is 4.90 Å². The maximum Gasteiger partial charge on any atom is 0.326 e. The maximum atomic E-state index is 12.5. The predicted octanol–water partition coefficient (Wildman–Crippen LogP) is -0.264. The summed E-state index contributed by atoms with van der Waals surface area (Å²) in [5, 5.41) is 10.6. The number of carboxylic acids is 1. The molecule has 0 radical (unpaired) electrons. The van der Waals surface area contributed by atoms with Gasteiger partial charge in [-0.1, -0.05) is 13.8 Å². The van der Waals surface area contributed by atoms with Crippen LogP contribution in [0.4, 0.5) is 0 Å². The lowest BCUT2D eigenvalue weighted by atomic mass is 9.96. The Morgan fingerprint density at radius 2 is 1.96 bits per heavy atom. The molecular formula is C14H22N2O6S. The SMILES string of the molecule is CC(C)CC(NC(=O)C1N2C(=O)CC2S(=O)(=O)C1(C)C)C(=O)O. The zero-order chi connectivity index (χ0) is 17.7. The summed E-state index contributed by atoms with van der Waals surface area (Å²) in [5.74, 6) is -2.28. The quantitative estimate of drug-likeness (QED) is 0.661. The molecule has 0 bridgehead atoms. The molecule has 0 aromatic carbocycles. The summed E-state index contributed by atoms with van der Waals surface area (Å²) in [6.45, 7) is 6.44. The normalized spacial score (nSPS) is 28.9. The van der Waals surface area contributed by atoms with Crippen LogP contribution in [0.1, 0.15) is 40.5 Å². The van der Waals surface area contributed by atoms with Crippen molar-refractivity contribution in [3.63, 3.8) is 0 Å². The first-order valence-corrected chi connectivity index (χ1v) is 9.03. The molecule has 130 valence electrons. The minimum atomic E-state index is -3.67. The number of carboxylic acid groups (broad SMARTS) is 1. The van der Waals surface area contributed by atoms with Crippen LogP contribution in [0.5, 0.6) is 0 Å². The molecule has 3 unspecified atom stereocenters. The van der Waals surface area contributed by atoms with Gasteiger partial charge in [-0.25, -0.2) is 13.2 Å². The zero-order valence-corrected chi connectivity index (χ0v) is 14.4. The highest BCUT2D eigenvalue weighted by atomic mass is 32.2. The van der Waals surface area contributed by atoms with Crippen LogP contribution in [0.25, 0.3) is 0 Å². The molecule has 2 saturated heterocycles. The molecule has 8 nitrogen and oxygen atoms in total. The van der Waals surface area contributed by atoms with Crippen molar-refractivity contribution in [3.05, 3.63) is 0 Å². The first-order valence-electron chi connectivity index (χ1n) is 7.49. The summed E-state index contributed by atoms with van der Waals surface area (Å²) >= 11 is 0. The summed E-state index contributed by atoms with van der Waals surface area (Å²) in [6.07, 6.45) is 0.0994. The second-order valence-electron chi connectivity index (χ2n) is 7.04. The van der Waals surface area contributed by atoms with Crippen molar-refractivity contribution in [2.24, 2.45) is 5.92 Å². The fourth-order valence-corrected chi connectivity index (χ4v) is 5.33. The van der Waals surface area contributed by atoms with Gasteiger partial charge in [-0.3, -0.25) is 9.59 Å². The lowest BCUT2D eigenvalue weighted by Crippen LogP contribution is -2.61. The Balaban J connectivity index is 2.27. The number of hydrogen-bond acceptors (Lipinski definition) is 5. The van der Waals surface area contributed by atoms with Crippen LogP contribution in [0.15, 0.2) is 0 Å². The number of amides is 2. The Bertz CT molecular complexity index is 654. The lowest BCUT2D eigenvalue weighted by Gasteiger charge is -2.37. The van der Waals surface area contributed by atoms with Gasteiger partial charge < -0.3 is 15.3 Å². The summed E-state index contributed by atoms with van der Waals surface area (Å²) in [5.41, 5.74) is 0. The Labute approximate surface area is 135 Å². The molecule has 2 aliphatic heterocycles. The number of fused-ring (bicyclic) bond motifs is 1. The van der Waals surface area contributed by atoms with Gasteiger partial charge in [0.1, 0.15) is 17.5 Å². The number of nitrogens with one attached hydrogen (secondary N) is 1. The third-order valence-electron chi connectivity index (χ3n) is 4.55. The smallest absolute Gasteiger partial charge is 0.326 e. The Kier molecular flexibility index (Phi) is 4.21. The molecule has 2 aliphatic rings. The van der Waals surface area contributed by atoms with E-state index in [4.69, 9.17) is 0 Å². The van der Waals surface area contributed by atoms with E-state index in [-0.39, 0.29) is 18.8 Å². The van der Waals surface area contributed by atoms with Crippen LogP contribution in [-0.2, 0) is 24.2 Å². The number of carbonyl (C=O) groups excluding carboxylic acids is 2. The van der Waals surface area contributed by atoms with Crippen LogP contribution in [-0.4, -0.2) is 58.4 Å². The van der Waals surface area contributed by atoms with Crippen LogP contribution in [0.2, 0.25) is 0 Å². The highest BCUT2D eigenvalue weighted by Crippen LogP contribution is 2.45. The second-order valence-corrected chi connectivity index (χ2v) is 9.73. The number of nitrogens with zero attached hydrogens (tertiary/aromatic N) is 1. The van der Waals surface area contributed by atoms with Gasteiger partial charge in [0.25, 0.3) is 0 Å². The standard InChI is InChI=1S/C14H22N2O6S/c1-7(2)5-8(13(19)20)15-12(18)11-14(3,4)23(21,22)10-6-9(17)16(10)11/h7-8,10-11H,5-6H2,1-4H3,(H,15,18)(H,19,20). The first-order chi connectivity index (χ1) is 10.4. The largest absolute Gasteiger partial charge is 0.480 e. The fourth-order valence-electron chi connectivity index (χ4n) is 3.20. The molecule has 2 N–H and O–H groups in total. The van der Waals surface area contributed by atoms with Crippen LogP contribution in [0, 0.1) is 5.92 Å². The van der Waals surface area contributed by atoms with Crippen molar-refractivity contribution in [1.29, 1.82) is 0 Å². The molecule has 2 fully saturated rings. The van der Waals surface area contributed by atoms with Gasteiger partial charge in [0.15, 0.2) is 9.84 Å². The van der Waals surface area contributed by atoms with Crippen molar-refractivity contribution in [3.8, 4) is 0 Å². The third-order valence-corrected chi connectivity index (χ3v) is 7.35. The van der Waals surface area contributed by atoms with Gasteiger partial charge in [0.05, 0.1) is 11.2 Å². The van der Waals surface area contributed by atoms with E-state index in [9.17, 15) is 27.9 Å². The van der Waals surface area contributed by atoms with Gasteiger partial charge >= 0.3 is 5.97 Å². The maximum absolute atomic E-state index is 12.5. The van der Waals surface area contributed by atoms with Crippen molar-refractivity contribution in [1.82, 2.24) is 10.2 Å². The summed E-state index contributed by atoms with van der Waals surface area (Å²) in [7, 11) is -3.67. The van der Waals surface area contributed by atoms with E-state index in [2.05, 4.69) is 5.32 Å². The zero-order valence-electron chi connectivity index (χ0n) is 13.6. The minimum absolute atomic E-state index is 0.0371. The topological polar surface area (TPSA) is 121 Å². The molecule has 9 heteroatoms. The average Bonchev–Trinajstić information content (AvgIpc) is 2.51. The summed E-state index contributed by atoms with van der Waals surface area (Å²) in [6, 6.07) is -2.32. The van der Waals surface area contributed by atoms with E-state index in [1.807, 2.05) is 13.8 Å². The van der Waals surface area contributed by atoms with Gasteiger partial charge in [-0.05, 0) is 26.2 Å². The monoisotopic (exact) mass is 346 g/mol. The molecule has 0 aromatic rings. The van der Waals surface area contributed by atoms with Crippen LogP contribution < -0.4 is 5.32 Å². The number of sulfone groups is 1. The number of β-lactam (4-membered cyclic amide) rings is 1. The molecule has 0 aliphatic carbocycles. The summed E-state index contributed by atoms with van der Waals surface area (Å²) < 4.78 is 23.4. The highest BCUT2D eigenvalue weighted by molar-refractivity contribution is 7.93. The van der Waals surface area contributed by atoms with Crippen molar-refractivity contribution >= 4 is 27.6 Å². The highest BCUT2D eigenvalue weighted by Gasteiger charge is 2.67. The number of hydrogen-bond donors (Lipinski definition) is 2. The molecule has 2 heterocycles. The first kappa shape index (κ1) is 17.7. The van der Waals surface area contributed by atoms with E-state index in [0.29, 0.717) is 0 Å². The molecule has 23 heavy (non-hydrogen) atoms. The third kappa shape index (κ3) is 2.60. The van der Waals surface area contributed by atoms with Crippen molar-refractivity contribution < 1.29 is 27.9 Å². The molecular weight excluding hydrogens is 324 g/mol. The van der Waals surface area contributed by atoms with Gasteiger partial charge in [-0.2, -0.15) is 0 Å². The minimum Gasteiger partial charge on any atom is -0.480 e. The molecule has 2 amide bonds. The molecule has 0 spiro atoms. The number of aliphatic carboxylic acids is 1. The van der Waals surface area contributed by atoms with E-state index in [1.165, 1.54) is 13.8 Å². The van der Waals surface area contributed by atoms with Gasteiger partial charge in [0, 0.05) is 0 Å². The van der Waals surface area contributed by atoms with Crippen LogP contribution >= 0.6 is 0 Å². The summed E-state index contributed by atoms with van der Waals surface area (Å²) in [4.78, 5) is 36.7. The second kappa shape index (κ2) is 5.47. The molecule has 0 saturated carbocycles. The lowest BCUT2D eigenvalue weighted by molar-refractivity contribution is -0.151. The van der Waals surface area contributed by atoms with E-state index < -0.39 is 49.8 Å². The average molecular weight is 346 g/mol. The molecule has 2 rings (SSSR count). The Hall–Kier alpha value is -1.64. The Morgan fingerprint density at radius 3 is 2.39 bits per heavy atom. The molecule has 3 atom stereocenters. The van der Waals surface area contributed by atoms with E-state index in [1.54, 1.807) is 0 Å². The van der Waals surface area contributed by atoms with Gasteiger partial charge in [-0.15, -0.1) is 0 Å². The fraction of sp³-hybridized carbons (Fsp3) is 0.786. The van der Waals surface area contributed by atoms with Crippen molar-refractivity contribution in [2.75, 3.05) is 0 Å². The van der Waals surface area contributed by atoms with Gasteiger partial charge in [0.2, 0.25) is 11.8 Å². The number of carbonyl (C=O) groups is 3. The number of rotatable bonds is 5. The molecule has 0 aromatic heterocycles. The Morgan fingerprint density at radius 1 is 1.39 bits per heavy atom. The van der Waals surface area contributed by atoms with Crippen LogP contribution in [0.3, 0.4) is 0 Å².